The molecule has 0 saturated carbocycles. The normalized spacial score (nSPS) is 12.9. The highest BCUT2D eigenvalue weighted by Crippen LogP contribution is 2.08. The van der Waals surface area contributed by atoms with Gasteiger partial charge in [0.05, 0.1) is 0 Å². The summed E-state index contributed by atoms with van der Waals surface area (Å²) in [5, 5.41) is 0.697. The van der Waals surface area contributed by atoms with Gasteiger partial charge in [-0.05, 0) is 30.2 Å². The molecule has 0 aliphatic rings. The smallest absolute Gasteiger partial charge is 0.186 e. The van der Waals surface area contributed by atoms with Crippen molar-refractivity contribution in [2.24, 2.45) is 0 Å². The molecule has 0 unspecified atom stereocenters. The molecule has 0 N–H and O–H groups in total. The Morgan fingerprint density at radius 3 is 1.46 bits per heavy atom. The van der Waals surface area contributed by atoms with Gasteiger partial charge in [0.15, 0.2) is 24.8 Å². The third-order valence-corrected chi connectivity index (χ3v) is 6.26. The summed E-state index contributed by atoms with van der Waals surface area (Å²) < 4.78 is 47.7. The van der Waals surface area contributed by atoms with Crippen molar-refractivity contribution in [1.29, 1.82) is 0 Å². The first kappa shape index (κ1) is 30.5. The maximum absolute atomic E-state index is 11.9. The van der Waals surface area contributed by atoms with Gasteiger partial charge >= 0.3 is 0 Å². The van der Waals surface area contributed by atoms with Crippen LogP contribution in [0.1, 0.15) is 34.6 Å². The predicted molar refractivity (Wildman–Crippen MR) is 125 cm³/mol. The highest BCUT2D eigenvalue weighted by molar-refractivity contribution is 8.10. The van der Waals surface area contributed by atoms with Gasteiger partial charge in [0.2, 0.25) is 0 Å². The zero-order valence-electron chi connectivity index (χ0n) is 17.6. The molecule has 4 nitrogen and oxygen atoms in total. The maximum atomic E-state index is 11.9. The largest absolute Gasteiger partial charge is 0.223 e. The van der Waals surface area contributed by atoms with Crippen molar-refractivity contribution in [2.45, 2.75) is 34.6 Å². The number of hydrogen-bond acceptors (Lipinski definition) is 4. The zero-order valence-corrected chi connectivity index (χ0v) is 19.3. The number of sulfone groups is 2. The zero-order chi connectivity index (χ0) is 22.6. The second-order valence-corrected chi connectivity index (χ2v) is 8.69. The average molecular weight is 427 g/mol. The minimum Gasteiger partial charge on any atom is -0.223 e. The lowest BCUT2D eigenvalue weighted by Gasteiger charge is -1.99. The van der Waals surface area contributed by atoms with E-state index in [-0.39, 0.29) is 0 Å². The van der Waals surface area contributed by atoms with Crippen LogP contribution in [-0.2, 0) is 19.7 Å². The second-order valence-electron chi connectivity index (χ2n) is 4.55. The van der Waals surface area contributed by atoms with Gasteiger partial charge in [0.25, 0.3) is 0 Å². The van der Waals surface area contributed by atoms with Crippen LogP contribution >= 0.6 is 0 Å². The van der Waals surface area contributed by atoms with E-state index in [1.807, 2.05) is 34.6 Å². The molecule has 28 heavy (non-hydrogen) atoms. The molecule has 0 spiro atoms. The molecule has 0 heterocycles. The molecule has 0 saturated heterocycles. The van der Waals surface area contributed by atoms with E-state index in [4.69, 9.17) is 0 Å². The van der Waals surface area contributed by atoms with Gasteiger partial charge in [-0.3, -0.25) is 0 Å². The first-order chi connectivity index (χ1) is 13.2. The molecular formula is C22H34O4S2. The van der Waals surface area contributed by atoms with E-state index in [2.05, 4.69) is 19.7 Å². The van der Waals surface area contributed by atoms with Gasteiger partial charge in [-0.1, -0.05) is 90.0 Å². The second kappa shape index (κ2) is 18.2. The molecule has 6 heteroatoms. The van der Waals surface area contributed by atoms with E-state index >= 15 is 0 Å². The Balaban J connectivity index is -0.00000146. The quantitative estimate of drug-likeness (QED) is 0.412. The summed E-state index contributed by atoms with van der Waals surface area (Å²) in [5.74, 6) is 0. The molecule has 0 fully saturated rings. The molecule has 0 aromatic rings. The molecule has 158 valence electrons. The van der Waals surface area contributed by atoms with Crippen molar-refractivity contribution in [3.05, 3.63) is 96.4 Å². The lowest BCUT2D eigenvalue weighted by Crippen LogP contribution is -2.12. The SMILES string of the molecule is C=C/C=C(C=C)/C=C/S(=O)(=O)CS(=O)(=O)/C=C/C(C=C)=C/C=C\C.CC.CC. The fourth-order valence-electron chi connectivity index (χ4n) is 1.40. The molecule has 0 aromatic heterocycles. The predicted octanol–water partition coefficient (Wildman–Crippen LogP) is 5.84. The number of rotatable bonds is 10. The van der Waals surface area contributed by atoms with Crippen LogP contribution in [0, 0.1) is 0 Å². The summed E-state index contributed by atoms with van der Waals surface area (Å²) in [7, 11) is -7.87. The van der Waals surface area contributed by atoms with Crippen molar-refractivity contribution < 1.29 is 16.8 Å². The highest BCUT2D eigenvalue weighted by atomic mass is 32.3. The van der Waals surface area contributed by atoms with E-state index in [1.54, 1.807) is 24.3 Å². The molecule has 0 aliphatic carbocycles. The first-order valence-corrected chi connectivity index (χ1v) is 12.3. The molecule has 0 amide bonds. The first-order valence-electron chi connectivity index (χ1n) is 8.92. The third kappa shape index (κ3) is 17.2. The number of allylic oxidation sites excluding steroid dienone is 11. The lowest BCUT2D eigenvalue weighted by atomic mass is 10.2. The molecule has 0 aliphatic heterocycles. The minimum atomic E-state index is -3.94. The fraction of sp³-hybridized carbons (Fsp3) is 0.273. The Kier molecular flexibility index (Phi) is 19.8. The summed E-state index contributed by atoms with van der Waals surface area (Å²) in [6, 6.07) is 0. The van der Waals surface area contributed by atoms with Crippen molar-refractivity contribution in [3.8, 4) is 0 Å². The van der Waals surface area contributed by atoms with Crippen LogP contribution in [0.15, 0.2) is 96.4 Å². The summed E-state index contributed by atoms with van der Waals surface area (Å²) in [4.78, 5) is 0. The van der Waals surface area contributed by atoms with E-state index < -0.39 is 24.8 Å². The monoisotopic (exact) mass is 426 g/mol. The van der Waals surface area contributed by atoms with Crippen molar-refractivity contribution in [1.82, 2.24) is 0 Å². The number of hydrogen-bond donors (Lipinski definition) is 0. The van der Waals surface area contributed by atoms with E-state index in [1.165, 1.54) is 30.4 Å². The fourth-order valence-corrected chi connectivity index (χ4v) is 4.59. The lowest BCUT2D eigenvalue weighted by molar-refractivity contribution is 0.598. The van der Waals surface area contributed by atoms with Crippen molar-refractivity contribution >= 4 is 19.7 Å². The Hall–Kier alpha value is -2.18. The van der Waals surface area contributed by atoms with Crippen LogP contribution < -0.4 is 0 Å². The van der Waals surface area contributed by atoms with Crippen LogP contribution in [-0.4, -0.2) is 21.9 Å². The minimum absolute atomic E-state index is 0.504. The Bertz CT molecular complexity index is 818. The summed E-state index contributed by atoms with van der Waals surface area (Å²) in [6.07, 6.45) is 13.6. The summed E-state index contributed by atoms with van der Waals surface area (Å²) in [6.45, 7) is 20.4. The molecule has 0 aromatic carbocycles. The summed E-state index contributed by atoms with van der Waals surface area (Å²) in [5.41, 5.74) is 1.05. The molecule has 0 atom stereocenters. The van der Waals surface area contributed by atoms with Gasteiger partial charge in [-0.25, -0.2) is 16.8 Å². The average Bonchev–Trinajstić information content (AvgIpc) is 2.67. The Morgan fingerprint density at radius 2 is 1.14 bits per heavy atom. The molecule has 0 bridgehead atoms. The van der Waals surface area contributed by atoms with Crippen LogP contribution in [0.3, 0.4) is 0 Å². The van der Waals surface area contributed by atoms with Crippen LogP contribution in [0.25, 0.3) is 0 Å². The van der Waals surface area contributed by atoms with Crippen LogP contribution in [0.5, 0.6) is 0 Å². The molecule has 0 radical (unpaired) electrons. The maximum Gasteiger partial charge on any atom is 0.186 e. The standard InChI is InChI=1S/C18H22O4S2.2C2H6/c1-5-9-11-18(8-4)13-15-24(21,22)16-23(19,20)14-12-17(7-3)10-6-2;2*1-2/h5-15H,2-4,16H2,1H3;2*1-2H3/b9-5-,14-12+,15-13+,17-10+,18-11+;;. The van der Waals surface area contributed by atoms with Gasteiger partial charge in [0, 0.05) is 10.8 Å². The Labute approximate surface area is 172 Å². The van der Waals surface area contributed by atoms with Gasteiger partial charge in [0.1, 0.15) is 0 Å². The van der Waals surface area contributed by atoms with E-state index in [9.17, 15) is 16.8 Å². The van der Waals surface area contributed by atoms with Gasteiger partial charge < -0.3 is 0 Å². The van der Waals surface area contributed by atoms with E-state index in [0.717, 1.165) is 10.8 Å². The Morgan fingerprint density at radius 1 is 0.750 bits per heavy atom. The molecular weight excluding hydrogens is 392 g/mol. The van der Waals surface area contributed by atoms with Gasteiger partial charge in [-0.15, -0.1) is 0 Å². The van der Waals surface area contributed by atoms with Crippen LogP contribution in [0.4, 0.5) is 0 Å². The molecule has 0 rings (SSSR count). The third-order valence-electron chi connectivity index (χ3n) is 2.53. The highest BCUT2D eigenvalue weighted by Gasteiger charge is 2.17. The topological polar surface area (TPSA) is 68.3 Å². The van der Waals surface area contributed by atoms with Crippen molar-refractivity contribution in [2.75, 3.05) is 5.08 Å². The van der Waals surface area contributed by atoms with E-state index in [0.29, 0.717) is 11.1 Å². The van der Waals surface area contributed by atoms with Gasteiger partial charge in [-0.2, -0.15) is 0 Å². The van der Waals surface area contributed by atoms with Crippen molar-refractivity contribution in [3.63, 3.8) is 0 Å². The van der Waals surface area contributed by atoms with Crippen LogP contribution in [0.2, 0.25) is 0 Å². The summed E-state index contributed by atoms with van der Waals surface area (Å²) >= 11 is 0.